The molecule has 0 spiro atoms. The van der Waals surface area contributed by atoms with E-state index < -0.39 is 0 Å². The fourth-order valence-electron chi connectivity index (χ4n) is 1.71. The van der Waals surface area contributed by atoms with Crippen molar-refractivity contribution < 1.29 is 0 Å². The molecular formula is C14H15NO. The van der Waals surface area contributed by atoms with E-state index in [1.807, 2.05) is 31.3 Å². The van der Waals surface area contributed by atoms with E-state index in [4.69, 9.17) is 0 Å². The first kappa shape index (κ1) is 10.7. The van der Waals surface area contributed by atoms with Crippen LogP contribution in [-0.2, 0) is 6.54 Å². The molecule has 0 fully saturated rings. The number of rotatable bonds is 2. The van der Waals surface area contributed by atoms with E-state index in [9.17, 15) is 4.79 Å². The first-order chi connectivity index (χ1) is 7.66. The van der Waals surface area contributed by atoms with Gasteiger partial charge in [0.2, 0.25) is 0 Å². The average molecular weight is 213 g/mol. The molecule has 0 atom stereocenters. The molecule has 2 heteroatoms. The van der Waals surface area contributed by atoms with Crippen molar-refractivity contribution in [1.82, 2.24) is 4.57 Å². The zero-order valence-corrected chi connectivity index (χ0v) is 9.60. The molecule has 0 N–H and O–H groups in total. The third kappa shape index (κ3) is 2.22. The van der Waals surface area contributed by atoms with Crippen LogP contribution < -0.4 is 5.56 Å². The van der Waals surface area contributed by atoms with Crippen LogP contribution in [0.25, 0.3) is 0 Å². The van der Waals surface area contributed by atoms with Gasteiger partial charge in [-0.25, -0.2) is 0 Å². The summed E-state index contributed by atoms with van der Waals surface area (Å²) in [7, 11) is 0. The highest BCUT2D eigenvalue weighted by molar-refractivity contribution is 5.26. The van der Waals surface area contributed by atoms with Crippen LogP contribution in [0, 0.1) is 13.8 Å². The molecule has 1 heterocycles. The largest absolute Gasteiger partial charge is 0.311 e. The molecule has 0 unspecified atom stereocenters. The highest BCUT2D eigenvalue weighted by Gasteiger charge is 2.00. The Morgan fingerprint density at radius 1 is 1.12 bits per heavy atom. The van der Waals surface area contributed by atoms with Gasteiger partial charge in [0, 0.05) is 12.3 Å². The summed E-state index contributed by atoms with van der Waals surface area (Å²) in [6.45, 7) is 4.64. The Morgan fingerprint density at radius 2 is 1.88 bits per heavy atom. The second kappa shape index (κ2) is 4.35. The Hall–Kier alpha value is -1.83. The summed E-state index contributed by atoms with van der Waals surface area (Å²) in [6.07, 6.45) is 1.85. The van der Waals surface area contributed by atoms with Crippen LogP contribution in [0.15, 0.2) is 47.4 Å². The number of aromatic nitrogens is 1. The maximum atomic E-state index is 11.7. The third-order valence-corrected chi connectivity index (χ3v) is 2.75. The van der Waals surface area contributed by atoms with Crippen LogP contribution in [0.4, 0.5) is 0 Å². The van der Waals surface area contributed by atoms with Crippen molar-refractivity contribution in [2.45, 2.75) is 20.4 Å². The third-order valence-electron chi connectivity index (χ3n) is 2.75. The molecule has 0 aliphatic heterocycles. The van der Waals surface area contributed by atoms with E-state index in [1.54, 1.807) is 10.6 Å². The molecule has 0 amide bonds. The Kier molecular flexibility index (Phi) is 2.91. The van der Waals surface area contributed by atoms with E-state index in [0.29, 0.717) is 6.54 Å². The Bertz CT molecular complexity index is 555. The standard InChI is InChI=1S/C14H15NO/c1-11-7-8-15(14(16)9-11)10-13-6-4-3-5-12(13)2/h3-9H,10H2,1-2H3. The van der Waals surface area contributed by atoms with Crippen LogP contribution in [0.3, 0.4) is 0 Å². The highest BCUT2D eigenvalue weighted by Crippen LogP contribution is 2.08. The Labute approximate surface area is 95.2 Å². The number of nitrogens with zero attached hydrogens (tertiary/aromatic N) is 1. The summed E-state index contributed by atoms with van der Waals surface area (Å²) in [6, 6.07) is 11.8. The molecule has 0 saturated heterocycles. The van der Waals surface area contributed by atoms with Gasteiger partial charge in [-0.15, -0.1) is 0 Å². The second-order valence-corrected chi connectivity index (χ2v) is 4.10. The van der Waals surface area contributed by atoms with Gasteiger partial charge >= 0.3 is 0 Å². The Morgan fingerprint density at radius 3 is 2.56 bits per heavy atom. The molecule has 82 valence electrons. The molecule has 1 aromatic carbocycles. The predicted molar refractivity (Wildman–Crippen MR) is 65.7 cm³/mol. The normalized spacial score (nSPS) is 10.4. The molecule has 16 heavy (non-hydrogen) atoms. The van der Waals surface area contributed by atoms with Gasteiger partial charge in [-0.3, -0.25) is 4.79 Å². The zero-order chi connectivity index (χ0) is 11.5. The van der Waals surface area contributed by atoms with Crippen molar-refractivity contribution in [3.8, 4) is 0 Å². The molecule has 2 aromatic rings. The number of benzene rings is 1. The molecule has 0 bridgehead atoms. The van der Waals surface area contributed by atoms with Crippen molar-refractivity contribution in [1.29, 1.82) is 0 Å². The topological polar surface area (TPSA) is 22.0 Å². The van der Waals surface area contributed by atoms with E-state index in [-0.39, 0.29) is 5.56 Å². The average Bonchev–Trinajstić information content (AvgIpc) is 2.25. The second-order valence-electron chi connectivity index (χ2n) is 4.10. The zero-order valence-electron chi connectivity index (χ0n) is 9.60. The number of aryl methyl sites for hydroxylation is 2. The lowest BCUT2D eigenvalue weighted by Gasteiger charge is -2.08. The van der Waals surface area contributed by atoms with Gasteiger partial charge in [-0.05, 0) is 36.6 Å². The van der Waals surface area contributed by atoms with Crippen molar-refractivity contribution >= 4 is 0 Å². The van der Waals surface area contributed by atoms with E-state index in [2.05, 4.69) is 19.1 Å². The fourth-order valence-corrected chi connectivity index (χ4v) is 1.71. The van der Waals surface area contributed by atoms with E-state index in [0.717, 1.165) is 5.56 Å². The molecule has 1 aromatic heterocycles. The minimum absolute atomic E-state index is 0.0586. The van der Waals surface area contributed by atoms with Gasteiger partial charge in [0.05, 0.1) is 6.54 Å². The molecule has 0 aliphatic rings. The van der Waals surface area contributed by atoms with E-state index >= 15 is 0 Å². The van der Waals surface area contributed by atoms with Crippen molar-refractivity contribution in [3.05, 3.63) is 69.6 Å². The smallest absolute Gasteiger partial charge is 0.251 e. The summed E-state index contributed by atoms with van der Waals surface area (Å²) < 4.78 is 1.73. The van der Waals surface area contributed by atoms with Gasteiger partial charge < -0.3 is 4.57 Å². The minimum atomic E-state index is 0.0586. The van der Waals surface area contributed by atoms with E-state index in [1.165, 1.54) is 11.1 Å². The number of pyridine rings is 1. The van der Waals surface area contributed by atoms with Crippen molar-refractivity contribution in [2.24, 2.45) is 0 Å². The highest BCUT2D eigenvalue weighted by atomic mass is 16.1. The molecule has 0 saturated carbocycles. The van der Waals surface area contributed by atoms with Gasteiger partial charge in [-0.2, -0.15) is 0 Å². The summed E-state index contributed by atoms with van der Waals surface area (Å²) >= 11 is 0. The maximum absolute atomic E-state index is 11.7. The van der Waals surface area contributed by atoms with Crippen molar-refractivity contribution in [3.63, 3.8) is 0 Å². The summed E-state index contributed by atoms with van der Waals surface area (Å²) in [4.78, 5) is 11.7. The molecular weight excluding hydrogens is 198 g/mol. The summed E-state index contributed by atoms with van der Waals surface area (Å²) in [5.41, 5.74) is 3.47. The minimum Gasteiger partial charge on any atom is -0.311 e. The quantitative estimate of drug-likeness (QED) is 0.751. The SMILES string of the molecule is Cc1ccn(Cc2ccccc2C)c(=O)c1. The molecule has 2 nitrogen and oxygen atoms in total. The van der Waals surface area contributed by atoms with Gasteiger partial charge in [-0.1, -0.05) is 24.3 Å². The lowest BCUT2D eigenvalue weighted by atomic mass is 10.1. The van der Waals surface area contributed by atoms with Crippen molar-refractivity contribution in [2.75, 3.05) is 0 Å². The number of hydrogen-bond acceptors (Lipinski definition) is 1. The fraction of sp³-hybridized carbons (Fsp3) is 0.214. The lowest BCUT2D eigenvalue weighted by Crippen LogP contribution is -2.19. The maximum Gasteiger partial charge on any atom is 0.251 e. The molecule has 0 aliphatic carbocycles. The predicted octanol–water partition coefficient (Wildman–Crippen LogP) is 2.51. The van der Waals surface area contributed by atoms with Crippen LogP contribution in [0.2, 0.25) is 0 Å². The first-order valence-corrected chi connectivity index (χ1v) is 5.38. The van der Waals surface area contributed by atoms with Crippen LogP contribution >= 0.6 is 0 Å². The van der Waals surface area contributed by atoms with Crippen LogP contribution in [-0.4, -0.2) is 4.57 Å². The number of hydrogen-bond donors (Lipinski definition) is 0. The summed E-state index contributed by atoms with van der Waals surface area (Å²) in [5, 5.41) is 0. The van der Waals surface area contributed by atoms with Crippen LogP contribution in [0.1, 0.15) is 16.7 Å². The molecule has 0 radical (unpaired) electrons. The van der Waals surface area contributed by atoms with Crippen LogP contribution in [0.5, 0.6) is 0 Å². The first-order valence-electron chi connectivity index (χ1n) is 5.38. The lowest BCUT2D eigenvalue weighted by molar-refractivity contribution is 0.753. The Balaban J connectivity index is 2.35. The van der Waals surface area contributed by atoms with Gasteiger partial charge in [0.15, 0.2) is 0 Å². The summed E-state index contributed by atoms with van der Waals surface area (Å²) in [5.74, 6) is 0. The van der Waals surface area contributed by atoms with Gasteiger partial charge in [0.25, 0.3) is 5.56 Å². The van der Waals surface area contributed by atoms with Gasteiger partial charge in [0.1, 0.15) is 0 Å². The monoisotopic (exact) mass is 213 g/mol. The molecule has 2 rings (SSSR count).